The average Bonchev–Trinajstić information content (AvgIpc) is 3.36. The van der Waals surface area contributed by atoms with E-state index < -0.39 is 0 Å². The van der Waals surface area contributed by atoms with Gasteiger partial charge >= 0.3 is 0 Å². The lowest BCUT2D eigenvalue weighted by Crippen LogP contribution is -2.38. The van der Waals surface area contributed by atoms with Crippen LogP contribution in [0.4, 0.5) is 10.3 Å². The molecule has 0 radical (unpaired) electrons. The molecule has 1 aromatic carbocycles. The molecule has 0 aliphatic carbocycles. The van der Waals surface area contributed by atoms with E-state index in [1.807, 2.05) is 12.1 Å². The molecule has 8 heteroatoms. The molecule has 0 atom stereocenters. The fourth-order valence-electron chi connectivity index (χ4n) is 4.15. The maximum absolute atomic E-state index is 13.2. The number of hydrogen-bond donors (Lipinski definition) is 0. The van der Waals surface area contributed by atoms with E-state index in [1.54, 1.807) is 29.4 Å². The van der Waals surface area contributed by atoms with Crippen LogP contribution < -0.4 is 9.64 Å². The Labute approximate surface area is 185 Å². The molecule has 0 bridgehead atoms. The minimum absolute atomic E-state index is 0.00155. The molecule has 32 heavy (non-hydrogen) atoms. The lowest BCUT2D eigenvalue weighted by molar-refractivity contribution is -0.131. The van der Waals surface area contributed by atoms with Crippen LogP contribution in [0.3, 0.4) is 0 Å². The maximum atomic E-state index is 13.2. The van der Waals surface area contributed by atoms with Crippen LogP contribution in [-0.4, -0.2) is 45.4 Å². The van der Waals surface area contributed by atoms with Gasteiger partial charge in [-0.15, -0.1) is 0 Å². The Morgan fingerprint density at radius 2 is 1.88 bits per heavy atom. The number of anilines is 1. The minimum Gasteiger partial charge on any atom is -0.437 e. The Kier molecular flexibility index (Phi) is 5.66. The number of benzene rings is 1. The summed E-state index contributed by atoms with van der Waals surface area (Å²) in [5, 5.41) is 0. The summed E-state index contributed by atoms with van der Waals surface area (Å²) in [6.07, 6.45) is 6.43. The number of pyridine rings is 1. The molecule has 0 saturated carbocycles. The lowest BCUT2D eigenvalue weighted by Gasteiger charge is -2.30. The van der Waals surface area contributed by atoms with Crippen molar-refractivity contribution in [2.24, 2.45) is 0 Å². The van der Waals surface area contributed by atoms with Crippen molar-refractivity contribution in [1.29, 1.82) is 0 Å². The van der Waals surface area contributed by atoms with Crippen molar-refractivity contribution < 1.29 is 13.9 Å². The SMILES string of the molecule is O=C(Cc1ccc(F)cc1)N1CCc2c(nc(N3CCCC3)nc2Oc2cccnc2)C1. The standard InChI is InChI=1S/C24H24FN5O2/c25-18-7-5-17(6-8-18)14-22(31)30-13-9-20-21(16-30)27-24(29-11-1-2-12-29)28-23(20)32-19-4-3-10-26-15-19/h3-8,10,15H,1-2,9,11-14,16H2. The molecule has 1 fully saturated rings. The largest absolute Gasteiger partial charge is 0.437 e. The number of carbonyl (C=O) groups is 1. The Balaban J connectivity index is 1.40. The number of ether oxygens (including phenoxy) is 1. The van der Waals surface area contributed by atoms with Crippen molar-refractivity contribution in [2.75, 3.05) is 24.5 Å². The molecule has 4 heterocycles. The fourth-order valence-corrected chi connectivity index (χ4v) is 4.15. The van der Waals surface area contributed by atoms with E-state index in [4.69, 9.17) is 14.7 Å². The molecule has 164 valence electrons. The van der Waals surface area contributed by atoms with Gasteiger partial charge in [-0.1, -0.05) is 12.1 Å². The van der Waals surface area contributed by atoms with E-state index in [1.165, 1.54) is 12.1 Å². The van der Waals surface area contributed by atoms with E-state index >= 15 is 0 Å². The maximum Gasteiger partial charge on any atom is 0.228 e. The van der Waals surface area contributed by atoms with Crippen LogP contribution in [0.5, 0.6) is 11.6 Å². The molecule has 7 nitrogen and oxygen atoms in total. The normalized spacial score (nSPS) is 15.5. The first-order valence-corrected chi connectivity index (χ1v) is 10.9. The molecule has 5 rings (SSSR count). The Morgan fingerprint density at radius 1 is 1.06 bits per heavy atom. The van der Waals surface area contributed by atoms with E-state index in [2.05, 4.69) is 9.88 Å². The quantitative estimate of drug-likeness (QED) is 0.613. The van der Waals surface area contributed by atoms with Gasteiger partial charge in [-0.25, -0.2) is 9.37 Å². The van der Waals surface area contributed by atoms with Crippen molar-refractivity contribution in [3.05, 3.63) is 71.4 Å². The number of halogens is 1. The third-order valence-electron chi connectivity index (χ3n) is 5.87. The third kappa shape index (κ3) is 4.39. The summed E-state index contributed by atoms with van der Waals surface area (Å²) in [7, 11) is 0. The van der Waals surface area contributed by atoms with Gasteiger partial charge in [-0.2, -0.15) is 4.98 Å². The number of carbonyl (C=O) groups excluding carboxylic acids is 1. The second-order valence-corrected chi connectivity index (χ2v) is 8.11. The monoisotopic (exact) mass is 433 g/mol. The topological polar surface area (TPSA) is 71.5 Å². The summed E-state index contributed by atoms with van der Waals surface area (Å²) in [5.74, 6) is 1.50. The predicted octanol–water partition coefficient (Wildman–Crippen LogP) is 3.53. The van der Waals surface area contributed by atoms with Gasteiger partial charge < -0.3 is 14.5 Å². The average molecular weight is 433 g/mol. The molecule has 1 saturated heterocycles. The molecular weight excluding hydrogens is 409 g/mol. The first-order valence-electron chi connectivity index (χ1n) is 10.9. The van der Waals surface area contributed by atoms with Crippen LogP contribution in [0, 0.1) is 5.82 Å². The van der Waals surface area contributed by atoms with E-state index in [0.29, 0.717) is 37.1 Å². The zero-order valence-electron chi connectivity index (χ0n) is 17.7. The second kappa shape index (κ2) is 8.90. The van der Waals surface area contributed by atoms with Crippen LogP contribution in [-0.2, 0) is 24.2 Å². The van der Waals surface area contributed by atoms with Crippen LogP contribution in [0.25, 0.3) is 0 Å². The van der Waals surface area contributed by atoms with Crippen LogP contribution >= 0.6 is 0 Å². The molecule has 0 N–H and O–H groups in total. The highest BCUT2D eigenvalue weighted by Crippen LogP contribution is 2.32. The van der Waals surface area contributed by atoms with E-state index in [-0.39, 0.29) is 18.1 Å². The summed E-state index contributed by atoms with van der Waals surface area (Å²) in [6.45, 7) is 2.79. The molecule has 2 aliphatic heterocycles. The molecular formula is C24H24FN5O2. The van der Waals surface area contributed by atoms with Gasteiger partial charge in [0.1, 0.15) is 11.6 Å². The highest BCUT2D eigenvalue weighted by molar-refractivity contribution is 5.79. The van der Waals surface area contributed by atoms with Crippen LogP contribution in [0.2, 0.25) is 0 Å². The molecule has 2 aliphatic rings. The van der Waals surface area contributed by atoms with Crippen molar-refractivity contribution in [1.82, 2.24) is 19.9 Å². The van der Waals surface area contributed by atoms with Gasteiger partial charge in [-0.05, 0) is 49.1 Å². The first kappa shape index (κ1) is 20.4. The summed E-state index contributed by atoms with van der Waals surface area (Å²) >= 11 is 0. The number of nitrogens with zero attached hydrogens (tertiary/aromatic N) is 5. The van der Waals surface area contributed by atoms with Gasteiger partial charge in [0, 0.05) is 31.4 Å². The minimum atomic E-state index is -0.305. The molecule has 0 spiro atoms. The molecule has 0 unspecified atom stereocenters. The van der Waals surface area contributed by atoms with Crippen molar-refractivity contribution >= 4 is 11.9 Å². The van der Waals surface area contributed by atoms with Crippen LogP contribution in [0.15, 0.2) is 48.8 Å². The predicted molar refractivity (Wildman–Crippen MR) is 117 cm³/mol. The number of rotatable bonds is 5. The van der Waals surface area contributed by atoms with E-state index in [0.717, 1.165) is 42.8 Å². The second-order valence-electron chi connectivity index (χ2n) is 8.11. The zero-order chi connectivity index (χ0) is 21.9. The third-order valence-corrected chi connectivity index (χ3v) is 5.87. The van der Waals surface area contributed by atoms with Gasteiger partial charge in [0.2, 0.25) is 17.7 Å². The van der Waals surface area contributed by atoms with Gasteiger partial charge in [0.15, 0.2) is 0 Å². The van der Waals surface area contributed by atoms with Crippen molar-refractivity contribution in [3.8, 4) is 11.6 Å². The Morgan fingerprint density at radius 3 is 2.62 bits per heavy atom. The first-order chi connectivity index (χ1) is 15.7. The van der Waals surface area contributed by atoms with Crippen molar-refractivity contribution in [2.45, 2.75) is 32.2 Å². The number of aromatic nitrogens is 3. The Hall–Kier alpha value is -3.55. The smallest absolute Gasteiger partial charge is 0.228 e. The van der Waals surface area contributed by atoms with Gasteiger partial charge in [0.05, 0.1) is 24.9 Å². The summed E-state index contributed by atoms with van der Waals surface area (Å²) in [4.78, 5) is 30.6. The number of amides is 1. The van der Waals surface area contributed by atoms with Gasteiger partial charge in [-0.3, -0.25) is 9.78 Å². The molecule has 2 aromatic heterocycles. The molecule has 1 amide bonds. The summed E-state index contributed by atoms with van der Waals surface area (Å²) in [5.41, 5.74) is 2.55. The number of fused-ring (bicyclic) bond motifs is 1. The van der Waals surface area contributed by atoms with Crippen LogP contribution in [0.1, 0.15) is 29.7 Å². The fraction of sp³-hybridized carbons (Fsp3) is 0.333. The summed E-state index contributed by atoms with van der Waals surface area (Å²) < 4.78 is 19.3. The lowest BCUT2D eigenvalue weighted by atomic mass is 10.0. The van der Waals surface area contributed by atoms with Gasteiger partial charge in [0.25, 0.3) is 0 Å². The van der Waals surface area contributed by atoms with E-state index in [9.17, 15) is 9.18 Å². The Bertz CT molecular complexity index is 1100. The molecule has 3 aromatic rings. The zero-order valence-corrected chi connectivity index (χ0v) is 17.7. The highest BCUT2D eigenvalue weighted by atomic mass is 19.1. The number of hydrogen-bond acceptors (Lipinski definition) is 6. The van der Waals surface area contributed by atoms with Crippen molar-refractivity contribution in [3.63, 3.8) is 0 Å². The highest BCUT2D eigenvalue weighted by Gasteiger charge is 2.28. The summed E-state index contributed by atoms with van der Waals surface area (Å²) in [6, 6.07) is 9.73.